The van der Waals surface area contributed by atoms with Gasteiger partial charge in [-0.05, 0) is 18.4 Å². The second-order valence-electron chi connectivity index (χ2n) is 5.14. The number of rotatable bonds is 4. The largest absolute Gasteiger partial charge is 0.337 e. The lowest BCUT2D eigenvalue weighted by Crippen LogP contribution is -2.54. The molecule has 4 nitrogen and oxygen atoms in total. The van der Waals surface area contributed by atoms with Crippen molar-refractivity contribution in [1.29, 1.82) is 5.26 Å². The number of hydrogen-bond acceptors (Lipinski definition) is 3. The third-order valence-corrected chi connectivity index (χ3v) is 3.92. The van der Waals surface area contributed by atoms with Gasteiger partial charge in [-0.15, -0.1) is 11.6 Å². The number of nitriles is 1. The molecule has 2 rings (SSSR count). The van der Waals surface area contributed by atoms with Crippen LogP contribution in [-0.4, -0.2) is 35.3 Å². The highest BCUT2D eigenvalue weighted by Crippen LogP contribution is 2.23. The van der Waals surface area contributed by atoms with Gasteiger partial charge in [-0.2, -0.15) is 5.26 Å². The topological polar surface area (TPSA) is 56.1 Å². The van der Waals surface area contributed by atoms with E-state index in [1.807, 2.05) is 18.2 Å². The molecule has 0 saturated carbocycles. The van der Waals surface area contributed by atoms with Crippen LogP contribution in [0.3, 0.4) is 0 Å². The van der Waals surface area contributed by atoms with Gasteiger partial charge in [-0.1, -0.05) is 30.3 Å². The first-order valence-electron chi connectivity index (χ1n) is 6.72. The van der Waals surface area contributed by atoms with Crippen molar-refractivity contribution in [1.82, 2.24) is 10.2 Å². The van der Waals surface area contributed by atoms with E-state index in [0.717, 1.165) is 19.6 Å². The Labute approximate surface area is 124 Å². The molecule has 0 aromatic heterocycles. The predicted molar refractivity (Wildman–Crippen MR) is 78.2 cm³/mol. The first kappa shape index (κ1) is 14.8. The number of carbonyl (C=O) groups is 1. The number of likely N-dealkylation sites (tertiary alicyclic amines) is 1. The minimum atomic E-state index is -0.751. The van der Waals surface area contributed by atoms with Gasteiger partial charge in [0.1, 0.15) is 11.4 Å². The third kappa shape index (κ3) is 3.72. The smallest absolute Gasteiger partial charge is 0.236 e. The summed E-state index contributed by atoms with van der Waals surface area (Å²) in [6.07, 6.45) is 1.28. The zero-order valence-electron chi connectivity index (χ0n) is 11.3. The van der Waals surface area contributed by atoms with Gasteiger partial charge in [-0.3, -0.25) is 9.69 Å². The lowest BCUT2D eigenvalue weighted by atomic mass is 9.88. The number of piperidine rings is 1. The summed E-state index contributed by atoms with van der Waals surface area (Å²) >= 11 is 5.49. The minimum absolute atomic E-state index is 0.100. The molecule has 1 aliphatic heterocycles. The fourth-order valence-corrected chi connectivity index (χ4v) is 2.57. The molecule has 1 aromatic carbocycles. The monoisotopic (exact) mass is 291 g/mol. The molecule has 0 aliphatic carbocycles. The Morgan fingerprint density at radius 1 is 1.35 bits per heavy atom. The van der Waals surface area contributed by atoms with Crippen LogP contribution in [-0.2, 0) is 11.3 Å². The summed E-state index contributed by atoms with van der Waals surface area (Å²) in [7, 11) is 0. The van der Waals surface area contributed by atoms with Crippen molar-refractivity contribution in [3.63, 3.8) is 0 Å². The Bertz CT molecular complexity index is 490. The van der Waals surface area contributed by atoms with Crippen LogP contribution in [0.1, 0.15) is 18.4 Å². The summed E-state index contributed by atoms with van der Waals surface area (Å²) in [5.41, 5.74) is 0.515. The molecule has 0 unspecified atom stereocenters. The quantitative estimate of drug-likeness (QED) is 0.862. The van der Waals surface area contributed by atoms with E-state index in [0.29, 0.717) is 12.8 Å². The van der Waals surface area contributed by atoms with E-state index in [2.05, 4.69) is 28.4 Å². The minimum Gasteiger partial charge on any atom is -0.337 e. The van der Waals surface area contributed by atoms with Gasteiger partial charge in [0, 0.05) is 19.6 Å². The second kappa shape index (κ2) is 6.74. The number of carbonyl (C=O) groups excluding carboxylic acids is 1. The van der Waals surface area contributed by atoms with Crippen molar-refractivity contribution in [3.8, 4) is 6.07 Å². The van der Waals surface area contributed by atoms with Crippen molar-refractivity contribution >= 4 is 17.5 Å². The Balaban J connectivity index is 1.91. The molecule has 106 valence electrons. The summed E-state index contributed by atoms with van der Waals surface area (Å²) in [6, 6.07) is 12.5. The lowest BCUT2D eigenvalue weighted by molar-refractivity contribution is -0.120. The summed E-state index contributed by atoms with van der Waals surface area (Å²) < 4.78 is 0. The molecule has 1 N–H and O–H groups in total. The van der Waals surface area contributed by atoms with Crippen LogP contribution in [0.5, 0.6) is 0 Å². The van der Waals surface area contributed by atoms with Crippen LogP contribution in [0.4, 0.5) is 0 Å². The molecule has 0 spiro atoms. The number of halogens is 1. The molecule has 0 atom stereocenters. The number of nitrogens with zero attached hydrogens (tertiary/aromatic N) is 2. The summed E-state index contributed by atoms with van der Waals surface area (Å²) in [6.45, 7) is 2.47. The van der Waals surface area contributed by atoms with Gasteiger partial charge < -0.3 is 5.32 Å². The zero-order valence-corrected chi connectivity index (χ0v) is 12.1. The molecular weight excluding hydrogens is 274 g/mol. The van der Waals surface area contributed by atoms with Crippen LogP contribution in [0, 0.1) is 11.3 Å². The van der Waals surface area contributed by atoms with Crippen LogP contribution >= 0.6 is 11.6 Å². The maximum atomic E-state index is 11.4. The van der Waals surface area contributed by atoms with Gasteiger partial charge in [0.2, 0.25) is 5.91 Å². The molecule has 1 aliphatic rings. The number of hydrogen-bond donors (Lipinski definition) is 1. The SMILES string of the molecule is N#CC1(NC(=O)CCl)CCN(Cc2ccccc2)CC1. The van der Waals surface area contributed by atoms with E-state index < -0.39 is 5.54 Å². The first-order chi connectivity index (χ1) is 9.67. The van der Waals surface area contributed by atoms with E-state index in [-0.39, 0.29) is 11.8 Å². The molecule has 20 heavy (non-hydrogen) atoms. The van der Waals surface area contributed by atoms with E-state index >= 15 is 0 Å². The molecular formula is C15H18ClN3O. The summed E-state index contributed by atoms with van der Waals surface area (Å²) in [5.74, 6) is -0.373. The van der Waals surface area contributed by atoms with E-state index in [1.54, 1.807) is 0 Å². The Morgan fingerprint density at radius 3 is 2.55 bits per heavy atom. The van der Waals surface area contributed by atoms with Crippen LogP contribution in [0.25, 0.3) is 0 Å². The maximum absolute atomic E-state index is 11.4. The Kier molecular flexibility index (Phi) is 4.99. The average molecular weight is 292 g/mol. The van der Waals surface area contributed by atoms with Gasteiger partial charge in [0.25, 0.3) is 0 Å². The average Bonchev–Trinajstić information content (AvgIpc) is 2.50. The van der Waals surface area contributed by atoms with E-state index in [9.17, 15) is 10.1 Å². The van der Waals surface area contributed by atoms with Crippen molar-refractivity contribution in [3.05, 3.63) is 35.9 Å². The van der Waals surface area contributed by atoms with E-state index in [4.69, 9.17) is 11.6 Å². The highest BCUT2D eigenvalue weighted by Gasteiger charge is 2.35. The Morgan fingerprint density at radius 2 is 2.00 bits per heavy atom. The first-order valence-corrected chi connectivity index (χ1v) is 7.25. The van der Waals surface area contributed by atoms with Crippen LogP contribution in [0.15, 0.2) is 30.3 Å². The molecule has 1 saturated heterocycles. The fourth-order valence-electron chi connectivity index (χ4n) is 2.50. The number of alkyl halides is 1. The van der Waals surface area contributed by atoms with E-state index in [1.165, 1.54) is 5.56 Å². The number of nitrogens with one attached hydrogen (secondary N) is 1. The standard InChI is InChI=1S/C15H18ClN3O/c16-10-14(20)18-15(12-17)6-8-19(9-7-15)11-13-4-2-1-3-5-13/h1-5H,6-11H2,(H,18,20). The molecule has 0 radical (unpaired) electrons. The summed E-state index contributed by atoms with van der Waals surface area (Å²) in [4.78, 5) is 13.7. The number of amides is 1. The molecule has 1 amide bonds. The molecule has 1 heterocycles. The van der Waals surface area contributed by atoms with Crippen LogP contribution < -0.4 is 5.32 Å². The normalized spacial score (nSPS) is 18.2. The third-order valence-electron chi connectivity index (χ3n) is 3.67. The van der Waals surface area contributed by atoms with Crippen molar-refractivity contribution in [2.75, 3.05) is 19.0 Å². The zero-order chi connectivity index (χ0) is 14.4. The Hall–Kier alpha value is -1.57. The van der Waals surface area contributed by atoms with Crippen molar-refractivity contribution in [2.24, 2.45) is 0 Å². The molecule has 0 bridgehead atoms. The highest BCUT2D eigenvalue weighted by molar-refractivity contribution is 6.27. The second-order valence-corrected chi connectivity index (χ2v) is 5.40. The summed E-state index contributed by atoms with van der Waals surface area (Å²) in [5, 5.41) is 12.1. The lowest BCUT2D eigenvalue weighted by Gasteiger charge is -2.37. The fraction of sp³-hybridized carbons (Fsp3) is 0.467. The predicted octanol–water partition coefficient (Wildman–Crippen LogP) is 1.90. The van der Waals surface area contributed by atoms with Gasteiger partial charge >= 0.3 is 0 Å². The van der Waals surface area contributed by atoms with Crippen molar-refractivity contribution < 1.29 is 4.79 Å². The van der Waals surface area contributed by atoms with Gasteiger partial charge in [0.05, 0.1) is 6.07 Å². The maximum Gasteiger partial charge on any atom is 0.236 e. The van der Waals surface area contributed by atoms with Crippen LogP contribution in [0.2, 0.25) is 0 Å². The van der Waals surface area contributed by atoms with Gasteiger partial charge in [-0.25, -0.2) is 0 Å². The number of benzene rings is 1. The highest BCUT2D eigenvalue weighted by atomic mass is 35.5. The van der Waals surface area contributed by atoms with Gasteiger partial charge in [0.15, 0.2) is 0 Å². The molecule has 1 fully saturated rings. The molecule has 1 aromatic rings. The molecule has 5 heteroatoms. The van der Waals surface area contributed by atoms with Crippen molar-refractivity contribution in [2.45, 2.75) is 24.9 Å².